The fourth-order valence-corrected chi connectivity index (χ4v) is 1.32. The molecule has 2 nitrogen and oxygen atoms in total. The molecule has 0 aliphatic heterocycles. The van der Waals surface area contributed by atoms with E-state index in [0.29, 0.717) is 0 Å². The fourth-order valence-electron chi connectivity index (χ4n) is 0.850. The van der Waals surface area contributed by atoms with Gasteiger partial charge < -0.3 is 4.74 Å². The van der Waals surface area contributed by atoms with Gasteiger partial charge in [-0.15, -0.1) is 0 Å². The van der Waals surface area contributed by atoms with Gasteiger partial charge in [0.2, 0.25) is 0 Å². The van der Waals surface area contributed by atoms with Crippen LogP contribution in [0.2, 0.25) is 0 Å². The van der Waals surface area contributed by atoms with E-state index in [1.807, 2.05) is 0 Å². The van der Waals surface area contributed by atoms with Gasteiger partial charge in [-0.3, -0.25) is 4.79 Å². The van der Waals surface area contributed by atoms with E-state index >= 15 is 0 Å². The van der Waals surface area contributed by atoms with E-state index < -0.39 is 11.7 Å². The van der Waals surface area contributed by atoms with Crippen molar-refractivity contribution >= 4 is 22.4 Å². The van der Waals surface area contributed by atoms with Crippen LogP contribution in [0.25, 0.3) is 0 Å². The molecule has 0 fully saturated rings. The lowest BCUT2D eigenvalue weighted by molar-refractivity contribution is -0.138. The van der Waals surface area contributed by atoms with Crippen LogP contribution < -0.4 is 4.74 Å². The number of ether oxygens (including phenoxy) is 1. The van der Waals surface area contributed by atoms with Crippen LogP contribution in [0, 0.1) is 0 Å². The maximum Gasteiger partial charge on any atom is 0.417 e. The Labute approximate surface area is 85.8 Å². The second-order valence-electron chi connectivity index (χ2n) is 2.35. The van der Waals surface area contributed by atoms with E-state index in [9.17, 15) is 18.0 Å². The molecule has 14 heavy (non-hydrogen) atoms. The summed E-state index contributed by atoms with van der Waals surface area (Å²) in [6.45, 7) is 0.0728. The average Bonchev–Trinajstić information content (AvgIpc) is 2.07. The van der Waals surface area contributed by atoms with E-state index in [1.54, 1.807) is 0 Å². The molecular formula is C8H4BrF3O2. The topological polar surface area (TPSA) is 26.3 Å². The lowest BCUT2D eigenvalue weighted by atomic mass is 10.2. The third-order valence-corrected chi connectivity index (χ3v) is 2.12. The van der Waals surface area contributed by atoms with Gasteiger partial charge in [0, 0.05) is 4.47 Å². The Kier molecular flexibility index (Phi) is 3.15. The van der Waals surface area contributed by atoms with Gasteiger partial charge in [-0.1, -0.05) is 15.9 Å². The van der Waals surface area contributed by atoms with Crippen LogP contribution in [0.5, 0.6) is 5.75 Å². The van der Waals surface area contributed by atoms with Crippen molar-refractivity contribution in [3.05, 3.63) is 28.2 Å². The molecule has 0 amide bonds. The highest BCUT2D eigenvalue weighted by molar-refractivity contribution is 9.10. The van der Waals surface area contributed by atoms with Gasteiger partial charge in [0.05, 0.1) is 5.56 Å². The molecule has 1 aromatic carbocycles. The van der Waals surface area contributed by atoms with E-state index in [0.717, 1.165) is 6.07 Å². The highest BCUT2D eigenvalue weighted by Crippen LogP contribution is 2.36. The maximum absolute atomic E-state index is 12.3. The van der Waals surface area contributed by atoms with Gasteiger partial charge in [-0.25, -0.2) is 0 Å². The Balaban J connectivity index is 3.15. The molecule has 0 unspecified atom stereocenters. The zero-order chi connectivity index (χ0) is 10.8. The number of rotatable bonds is 2. The Morgan fingerprint density at radius 3 is 2.50 bits per heavy atom. The summed E-state index contributed by atoms with van der Waals surface area (Å²) in [7, 11) is 0. The summed E-state index contributed by atoms with van der Waals surface area (Å²) in [5.41, 5.74) is -0.878. The molecular weight excluding hydrogens is 265 g/mol. The minimum atomic E-state index is -4.47. The van der Waals surface area contributed by atoms with Gasteiger partial charge in [0.1, 0.15) is 5.75 Å². The zero-order valence-electron chi connectivity index (χ0n) is 6.64. The summed E-state index contributed by atoms with van der Waals surface area (Å²) in [4.78, 5) is 9.90. The van der Waals surface area contributed by atoms with E-state index in [4.69, 9.17) is 0 Å². The molecule has 0 bridgehead atoms. The van der Waals surface area contributed by atoms with Crippen LogP contribution in [0.15, 0.2) is 22.7 Å². The number of hydrogen-bond donors (Lipinski definition) is 0. The minimum Gasteiger partial charge on any atom is -0.429 e. The van der Waals surface area contributed by atoms with Gasteiger partial charge in [0.25, 0.3) is 6.47 Å². The van der Waals surface area contributed by atoms with E-state index in [2.05, 4.69) is 20.7 Å². The first-order chi connectivity index (χ1) is 6.45. The number of benzene rings is 1. The molecule has 1 rings (SSSR count). The summed E-state index contributed by atoms with van der Waals surface area (Å²) >= 11 is 2.75. The van der Waals surface area contributed by atoms with Gasteiger partial charge >= 0.3 is 6.18 Å². The number of carbonyl (C=O) groups excluding carboxylic acids is 1. The highest BCUT2D eigenvalue weighted by Gasteiger charge is 2.33. The second kappa shape index (κ2) is 4.00. The lowest BCUT2D eigenvalue weighted by Gasteiger charge is -2.09. The van der Waals surface area contributed by atoms with E-state index in [-0.39, 0.29) is 16.7 Å². The molecule has 0 heterocycles. The van der Waals surface area contributed by atoms with Crippen molar-refractivity contribution in [2.75, 3.05) is 0 Å². The Hall–Kier alpha value is -1.04. The number of alkyl halides is 3. The molecule has 0 aliphatic rings. The van der Waals surface area contributed by atoms with Crippen LogP contribution in [-0.4, -0.2) is 6.47 Å². The normalized spacial score (nSPS) is 11.1. The third-order valence-electron chi connectivity index (χ3n) is 1.43. The Morgan fingerprint density at radius 2 is 2.00 bits per heavy atom. The first-order valence-corrected chi connectivity index (χ1v) is 4.21. The molecule has 0 atom stereocenters. The van der Waals surface area contributed by atoms with Crippen LogP contribution in [0.1, 0.15) is 5.56 Å². The van der Waals surface area contributed by atoms with Crippen LogP contribution in [-0.2, 0) is 11.0 Å². The van der Waals surface area contributed by atoms with Crippen LogP contribution in [0.3, 0.4) is 0 Å². The molecule has 1 aromatic rings. The Morgan fingerprint density at radius 1 is 1.36 bits per heavy atom. The van der Waals surface area contributed by atoms with Crippen molar-refractivity contribution < 1.29 is 22.7 Å². The zero-order valence-corrected chi connectivity index (χ0v) is 8.22. The predicted octanol–water partition coefficient (Wildman–Crippen LogP) is 3.00. The van der Waals surface area contributed by atoms with Crippen LogP contribution in [0.4, 0.5) is 13.2 Å². The summed E-state index contributed by atoms with van der Waals surface area (Å²) in [6, 6.07) is 3.17. The summed E-state index contributed by atoms with van der Waals surface area (Å²) in [5, 5.41) is 0. The molecule has 0 spiro atoms. The summed E-state index contributed by atoms with van der Waals surface area (Å²) < 4.78 is 41.1. The average molecular weight is 269 g/mol. The molecule has 0 saturated heterocycles. The summed E-state index contributed by atoms with van der Waals surface area (Å²) in [6.07, 6.45) is -4.47. The van der Waals surface area contributed by atoms with Crippen molar-refractivity contribution in [1.82, 2.24) is 0 Å². The number of hydrogen-bond acceptors (Lipinski definition) is 2. The van der Waals surface area contributed by atoms with Crippen molar-refractivity contribution in [3.8, 4) is 5.75 Å². The van der Waals surface area contributed by atoms with Crippen molar-refractivity contribution in [3.63, 3.8) is 0 Å². The van der Waals surface area contributed by atoms with Crippen LogP contribution >= 0.6 is 15.9 Å². The van der Waals surface area contributed by atoms with Crippen molar-refractivity contribution in [1.29, 1.82) is 0 Å². The van der Waals surface area contributed by atoms with Gasteiger partial charge in [-0.05, 0) is 18.2 Å². The molecule has 76 valence electrons. The molecule has 0 radical (unpaired) electrons. The molecule has 0 N–H and O–H groups in total. The van der Waals surface area contributed by atoms with Gasteiger partial charge in [0.15, 0.2) is 0 Å². The first kappa shape index (κ1) is 11.0. The third kappa shape index (κ3) is 2.47. The lowest BCUT2D eigenvalue weighted by Crippen LogP contribution is -2.06. The number of carbonyl (C=O) groups is 1. The van der Waals surface area contributed by atoms with Crippen molar-refractivity contribution in [2.24, 2.45) is 0 Å². The largest absolute Gasteiger partial charge is 0.429 e. The summed E-state index contributed by atoms with van der Waals surface area (Å²) in [5.74, 6) is -0.143. The predicted molar refractivity (Wildman–Crippen MR) is 45.8 cm³/mol. The van der Waals surface area contributed by atoms with Gasteiger partial charge in [-0.2, -0.15) is 13.2 Å². The molecule has 0 aromatic heterocycles. The second-order valence-corrected chi connectivity index (χ2v) is 3.21. The highest BCUT2D eigenvalue weighted by atomic mass is 79.9. The molecule has 6 heteroatoms. The minimum absolute atomic E-state index is 0.0728. The maximum atomic E-state index is 12.3. The molecule has 0 saturated carbocycles. The Bertz CT molecular complexity index is 349. The van der Waals surface area contributed by atoms with Crippen molar-refractivity contribution in [2.45, 2.75) is 6.18 Å². The van der Waals surface area contributed by atoms with E-state index in [1.165, 1.54) is 12.1 Å². The SMILES string of the molecule is O=COc1ccc(Br)c(C(F)(F)F)c1. The molecule has 0 aliphatic carbocycles. The quantitative estimate of drug-likeness (QED) is 0.771. The standard InChI is InChI=1S/C8H4BrF3O2/c9-7-2-1-5(14-4-13)3-6(7)8(10,11)12/h1-4H. The monoisotopic (exact) mass is 268 g/mol. The number of halogens is 4. The first-order valence-electron chi connectivity index (χ1n) is 3.42. The fraction of sp³-hybridized carbons (Fsp3) is 0.125. The smallest absolute Gasteiger partial charge is 0.417 e.